The predicted octanol–water partition coefficient (Wildman–Crippen LogP) is 1.71. The van der Waals surface area contributed by atoms with E-state index in [9.17, 15) is 24.6 Å². The Hall–Kier alpha value is -2.61. The van der Waals surface area contributed by atoms with Crippen molar-refractivity contribution in [2.24, 2.45) is 5.92 Å². The van der Waals surface area contributed by atoms with Crippen LogP contribution in [0.15, 0.2) is 30.3 Å². The first-order valence-corrected chi connectivity index (χ1v) is 9.15. The number of carboxylic acid groups (broad SMARTS) is 1. The summed E-state index contributed by atoms with van der Waals surface area (Å²) < 4.78 is 5.21. The Morgan fingerprint density at radius 2 is 1.64 bits per heavy atom. The lowest BCUT2D eigenvalue weighted by Crippen LogP contribution is -2.56. The predicted molar refractivity (Wildman–Crippen MR) is 104 cm³/mol. The first-order valence-electron chi connectivity index (χ1n) is 9.15. The van der Waals surface area contributed by atoms with Gasteiger partial charge < -0.3 is 25.6 Å². The van der Waals surface area contributed by atoms with E-state index >= 15 is 0 Å². The van der Waals surface area contributed by atoms with Crippen molar-refractivity contribution in [3.63, 3.8) is 0 Å². The normalized spacial score (nSPS) is 14.7. The molecule has 0 unspecified atom stereocenters. The van der Waals surface area contributed by atoms with E-state index in [1.165, 1.54) is 0 Å². The quantitative estimate of drug-likeness (QED) is 0.532. The van der Waals surface area contributed by atoms with Gasteiger partial charge in [0.1, 0.15) is 11.6 Å². The highest BCUT2D eigenvalue weighted by atomic mass is 16.6. The number of hydrogen-bond donors (Lipinski definition) is 4. The maximum Gasteiger partial charge on any atom is 0.407 e. The molecule has 0 aromatic heterocycles. The van der Waals surface area contributed by atoms with Crippen molar-refractivity contribution in [1.82, 2.24) is 10.6 Å². The van der Waals surface area contributed by atoms with Crippen LogP contribution in [0.5, 0.6) is 0 Å². The molecule has 0 saturated carbocycles. The fourth-order valence-electron chi connectivity index (χ4n) is 2.50. The van der Waals surface area contributed by atoms with Crippen LogP contribution in [0.25, 0.3) is 0 Å². The van der Waals surface area contributed by atoms with Gasteiger partial charge in [0.15, 0.2) is 6.10 Å². The van der Waals surface area contributed by atoms with Crippen molar-refractivity contribution in [3.05, 3.63) is 35.9 Å². The van der Waals surface area contributed by atoms with Gasteiger partial charge >= 0.3 is 12.1 Å². The van der Waals surface area contributed by atoms with Gasteiger partial charge in [-0.1, -0.05) is 44.2 Å². The smallest absolute Gasteiger partial charge is 0.407 e. The summed E-state index contributed by atoms with van der Waals surface area (Å²) in [4.78, 5) is 35.9. The molecule has 0 fully saturated rings. The number of aliphatic hydroxyl groups is 1. The summed E-state index contributed by atoms with van der Waals surface area (Å²) in [5.74, 6) is -2.45. The van der Waals surface area contributed by atoms with Crippen LogP contribution in [0.1, 0.15) is 40.2 Å². The van der Waals surface area contributed by atoms with Crippen LogP contribution >= 0.6 is 0 Å². The van der Waals surface area contributed by atoms with Crippen molar-refractivity contribution in [3.8, 4) is 0 Å². The van der Waals surface area contributed by atoms with E-state index in [0.717, 1.165) is 5.56 Å². The van der Waals surface area contributed by atoms with Crippen molar-refractivity contribution in [2.75, 3.05) is 0 Å². The number of carbonyl (C=O) groups is 3. The van der Waals surface area contributed by atoms with Gasteiger partial charge in [-0.15, -0.1) is 0 Å². The maximum atomic E-state index is 12.4. The van der Waals surface area contributed by atoms with Crippen LogP contribution in [-0.2, 0) is 20.7 Å². The molecule has 1 aromatic carbocycles. The van der Waals surface area contributed by atoms with E-state index in [4.69, 9.17) is 4.74 Å². The minimum Gasteiger partial charge on any atom is -0.480 e. The summed E-state index contributed by atoms with van der Waals surface area (Å²) in [7, 11) is 0. The van der Waals surface area contributed by atoms with Crippen molar-refractivity contribution >= 4 is 18.0 Å². The number of aliphatic carboxylic acids is 1. The maximum absolute atomic E-state index is 12.4. The molecule has 0 aliphatic heterocycles. The Bertz CT molecular complexity index is 669. The van der Waals surface area contributed by atoms with Crippen molar-refractivity contribution in [1.29, 1.82) is 0 Å². The third-order valence-electron chi connectivity index (χ3n) is 3.88. The summed E-state index contributed by atoms with van der Waals surface area (Å²) >= 11 is 0. The number of ether oxygens (including phenoxy) is 1. The fourth-order valence-corrected chi connectivity index (χ4v) is 2.50. The summed E-state index contributed by atoms with van der Waals surface area (Å²) in [5, 5.41) is 24.6. The highest BCUT2D eigenvalue weighted by Crippen LogP contribution is 2.11. The van der Waals surface area contributed by atoms with Gasteiger partial charge in [0.2, 0.25) is 0 Å². The SMILES string of the molecule is CC(C)[C@H](NC(=O)[C@@H](O)[C@@H](Cc1ccccc1)NC(=O)OC(C)(C)C)C(=O)O. The third-order valence-corrected chi connectivity index (χ3v) is 3.88. The average Bonchev–Trinajstić information content (AvgIpc) is 2.56. The number of nitrogens with one attached hydrogen (secondary N) is 2. The fraction of sp³-hybridized carbons (Fsp3) is 0.550. The van der Waals surface area contributed by atoms with E-state index in [0.29, 0.717) is 0 Å². The minimum atomic E-state index is -1.66. The molecule has 0 heterocycles. The molecule has 3 atom stereocenters. The lowest BCUT2D eigenvalue weighted by molar-refractivity contribution is -0.145. The average molecular weight is 394 g/mol. The summed E-state index contributed by atoms with van der Waals surface area (Å²) in [6.45, 7) is 8.38. The lowest BCUT2D eigenvalue weighted by atomic mass is 9.99. The van der Waals surface area contributed by atoms with Gasteiger partial charge in [-0.2, -0.15) is 0 Å². The standard InChI is InChI=1S/C20H30N2O6/c1-12(2)15(18(25)26)22-17(24)16(23)14(11-13-9-7-6-8-10-13)21-19(27)28-20(3,4)5/h6-10,12,14-16,23H,11H2,1-5H3,(H,21,27)(H,22,24)(H,25,26)/t14-,15+,16+/m1/s1. The summed E-state index contributed by atoms with van der Waals surface area (Å²) in [6, 6.07) is 6.85. The summed E-state index contributed by atoms with van der Waals surface area (Å²) in [5.41, 5.74) is 0.0368. The van der Waals surface area contributed by atoms with E-state index in [2.05, 4.69) is 10.6 Å². The molecule has 8 nitrogen and oxygen atoms in total. The summed E-state index contributed by atoms with van der Waals surface area (Å²) in [6.07, 6.45) is -2.28. The van der Waals surface area contributed by atoms with E-state index < -0.39 is 41.8 Å². The van der Waals surface area contributed by atoms with E-state index in [1.807, 2.05) is 6.07 Å². The molecule has 8 heteroatoms. The third kappa shape index (κ3) is 7.96. The second kappa shape index (κ2) is 10.1. The molecule has 0 bridgehead atoms. The largest absolute Gasteiger partial charge is 0.480 e. The Kier molecular flexibility index (Phi) is 8.43. The van der Waals surface area contributed by atoms with Crippen LogP contribution in [-0.4, -0.2) is 52.0 Å². The Morgan fingerprint density at radius 3 is 2.11 bits per heavy atom. The number of amides is 2. The number of hydrogen-bond acceptors (Lipinski definition) is 5. The molecule has 2 amide bonds. The molecule has 156 valence electrons. The monoisotopic (exact) mass is 394 g/mol. The van der Waals surface area contributed by atoms with Gasteiger partial charge in [-0.25, -0.2) is 9.59 Å². The molecule has 0 aliphatic carbocycles. The Balaban J connectivity index is 2.96. The van der Waals surface area contributed by atoms with Crippen molar-refractivity contribution in [2.45, 2.75) is 64.8 Å². The zero-order valence-corrected chi connectivity index (χ0v) is 16.9. The first kappa shape index (κ1) is 23.4. The zero-order chi connectivity index (χ0) is 21.5. The van der Waals surface area contributed by atoms with Gasteiger partial charge in [-0.05, 0) is 38.7 Å². The van der Waals surface area contributed by atoms with Gasteiger partial charge in [-0.3, -0.25) is 4.79 Å². The highest BCUT2D eigenvalue weighted by molar-refractivity contribution is 5.87. The molecule has 0 saturated heterocycles. The molecule has 28 heavy (non-hydrogen) atoms. The molecule has 0 aliphatic rings. The van der Waals surface area contributed by atoms with E-state index in [-0.39, 0.29) is 12.3 Å². The van der Waals surface area contributed by atoms with Crippen LogP contribution in [0.2, 0.25) is 0 Å². The highest BCUT2D eigenvalue weighted by Gasteiger charge is 2.33. The van der Waals surface area contributed by atoms with Gasteiger partial charge in [0.25, 0.3) is 5.91 Å². The number of alkyl carbamates (subject to hydrolysis) is 1. The van der Waals surface area contributed by atoms with Crippen LogP contribution < -0.4 is 10.6 Å². The minimum absolute atomic E-state index is 0.161. The van der Waals surface area contributed by atoms with E-state index in [1.54, 1.807) is 58.9 Å². The second-order valence-corrected chi connectivity index (χ2v) is 7.96. The first-order chi connectivity index (χ1) is 12.9. The number of rotatable bonds is 8. The molecule has 4 N–H and O–H groups in total. The van der Waals surface area contributed by atoms with Crippen molar-refractivity contribution < 1.29 is 29.3 Å². The number of benzene rings is 1. The number of carboxylic acids is 1. The zero-order valence-electron chi connectivity index (χ0n) is 16.9. The van der Waals surface area contributed by atoms with Crippen LogP contribution in [0.3, 0.4) is 0 Å². The lowest BCUT2D eigenvalue weighted by Gasteiger charge is -2.27. The topological polar surface area (TPSA) is 125 Å². The Labute approximate surface area is 165 Å². The molecule has 1 rings (SSSR count). The van der Waals surface area contributed by atoms with Crippen LogP contribution in [0.4, 0.5) is 4.79 Å². The van der Waals surface area contributed by atoms with Crippen LogP contribution in [0, 0.1) is 5.92 Å². The molecular weight excluding hydrogens is 364 g/mol. The number of carbonyl (C=O) groups excluding carboxylic acids is 2. The molecule has 0 spiro atoms. The number of aliphatic hydroxyl groups excluding tert-OH is 1. The molecule has 1 aromatic rings. The second-order valence-electron chi connectivity index (χ2n) is 7.96. The molecule has 0 radical (unpaired) electrons. The Morgan fingerprint density at radius 1 is 1.07 bits per heavy atom. The molecular formula is C20H30N2O6. The van der Waals surface area contributed by atoms with Gasteiger partial charge in [0.05, 0.1) is 6.04 Å². The van der Waals surface area contributed by atoms with Gasteiger partial charge in [0, 0.05) is 0 Å².